The molecule has 0 bridgehead atoms. The normalized spacial score (nSPS) is 15.4. The highest BCUT2D eigenvalue weighted by Crippen LogP contribution is 2.12. The first-order valence-corrected chi connectivity index (χ1v) is 5.43. The van der Waals surface area contributed by atoms with Crippen LogP contribution in [-0.2, 0) is 6.54 Å². The number of hydrogen-bond donors (Lipinski definition) is 2. The molecule has 0 spiro atoms. The lowest BCUT2D eigenvalue weighted by molar-refractivity contribution is 0.0563. The molecule has 1 rings (SSSR count). The average molecular weight is 262 g/mol. The van der Waals surface area contributed by atoms with Crippen LogP contribution in [-0.4, -0.2) is 27.0 Å². The van der Waals surface area contributed by atoms with Gasteiger partial charge in [-0.15, -0.1) is 0 Å². The van der Waals surface area contributed by atoms with Crippen molar-refractivity contribution in [2.24, 2.45) is 5.73 Å². The smallest absolute Gasteiger partial charge is 0.0742 e. The maximum Gasteiger partial charge on any atom is 0.0742 e. The molecule has 4 nitrogen and oxygen atoms in total. The van der Waals surface area contributed by atoms with Crippen LogP contribution in [0.15, 0.2) is 16.9 Å². The van der Waals surface area contributed by atoms with Crippen LogP contribution < -0.4 is 5.73 Å². The third kappa shape index (κ3) is 3.77. The molecular weight excluding hydrogens is 246 g/mol. The molecule has 1 unspecified atom stereocenters. The summed E-state index contributed by atoms with van der Waals surface area (Å²) in [6, 6.07) is 0. The lowest BCUT2D eigenvalue weighted by Crippen LogP contribution is -2.34. The molecule has 0 saturated heterocycles. The summed E-state index contributed by atoms with van der Waals surface area (Å²) in [4.78, 5) is 0. The first-order valence-electron chi connectivity index (χ1n) is 4.64. The van der Waals surface area contributed by atoms with Gasteiger partial charge < -0.3 is 10.8 Å². The predicted octanol–water partition coefficient (Wildman–Crippen LogP) is 1.14. The summed E-state index contributed by atoms with van der Waals surface area (Å²) in [6.45, 7) is 2.86. The second-order valence-electron chi connectivity index (χ2n) is 3.73. The Morgan fingerprint density at radius 1 is 1.71 bits per heavy atom. The molecule has 0 aliphatic rings. The van der Waals surface area contributed by atoms with Crippen LogP contribution in [0.3, 0.4) is 0 Å². The van der Waals surface area contributed by atoms with E-state index in [1.807, 2.05) is 10.9 Å². The fraction of sp³-hybridized carbons (Fsp3) is 0.667. The number of nitrogens with zero attached hydrogens (tertiary/aromatic N) is 2. The average Bonchev–Trinajstić information content (AvgIpc) is 2.51. The number of nitrogens with two attached hydrogens (primary N) is 1. The Hall–Kier alpha value is -0.390. The fourth-order valence-corrected chi connectivity index (χ4v) is 1.51. The van der Waals surface area contributed by atoms with E-state index in [4.69, 9.17) is 5.73 Å². The Morgan fingerprint density at radius 2 is 2.43 bits per heavy atom. The monoisotopic (exact) mass is 261 g/mol. The maximum absolute atomic E-state index is 9.64. The van der Waals surface area contributed by atoms with Crippen LogP contribution in [0.25, 0.3) is 0 Å². The highest BCUT2D eigenvalue weighted by atomic mass is 79.9. The van der Waals surface area contributed by atoms with Gasteiger partial charge in [0.1, 0.15) is 0 Å². The van der Waals surface area contributed by atoms with Gasteiger partial charge in [0.2, 0.25) is 0 Å². The fourth-order valence-electron chi connectivity index (χ4n) is 1.18. The summed E-state index contributed by atoms with van der Waals surface area (Å²) in [5.74, 6) is 0. The molecule has 0 fully saturated rings. The van der Waals surface area contributed by atoms with E-state index in [1.165, 1.54) is 0 Å². The molecule has 0 saturated carbocycles. The molecule has 1 aromatic rings. The Morgan fingerprint density at radius 3 is 2.93 bits per heavy atom. The zero-order valence-electron chi connectivity index (χ0n) is 8.28. The van der Waals surface area contributed by atoms with Gasteiger partial charge in [0, 0.05) is 19.3 Å². The molecule has 80 valence electrons. The van der Waals surface area contributed by atoms with Gasteiger partial charge in [0.25, 0.3) is 0 Å². The van der Waals surface area contributed by atoms with Crippen molar-refractivity contribution in [3.8, 4) is 0 Å². The molecule has 0 amide bonds. The molecule has 0 aliphatic heterocycles. The predicted molar refractivity (Wildman–Crippen MR) is 58.8 cm³/mol. The van der Waals surface area contributed by atoms with E-state index in [1.54, 1.807) is 13.1 Å². The van der Waals surface area contributed by atoms with E-state index in [-0.39, 0.29) is 0 Å². The highest BCUT2D eigenvalue weighted by Gasteiger charge is 2.16. The van der Waals surface area contributed by atoms with Gasteiger partial charge in [-0.1, -0.05) is 0 Å². The lowest BCUT2D eigenvalue weighted by atomic mass is 10.0. The van der Waals surface area contributed by atoms with Gasteiger partial charge in [-0.2, -0.15) is 5.10 Å². The van der Waals surface area contributed by atoms with E-state index in [9.17, 15) is 5.11 Å². The molecule has 1 aromatic heterocycles. The highest BCUT2D eigenvalue weighted by molar-refractivity contribution is 9.10. The van der Waals surface area contributed by atoms with Crippen LogP contribution in [0.5, 0.6) is 0 Å². The quantitative estimate of drug-likeness (QED) is 0.836. The van der Waals surface area contributed by atoms with Crippen molar-refractivity contribution in [2.45, 2.75) is 31.9 Å². The molecule has 1 heterocycles. The number of aryl methyl sites for hydroxylation is 1. The molecule has 0 aromatic carbocycles. The van der Waals surface area contributed by atoms with Gasteiger partial charge in [-0.3, -0.25) is 4.68 Å². The van der Waals surface area contributed by atoms with E-state index < -0.39 is 5.60 Å². The molecular formula is C9H16BrN3O. The minimum Gasteiger partial charge on any atom is -0.389 e. The minimum absolute atomic E-state index is 0.301. The van der Waals surface area contributed by atoms with Gasteiger partial charge in [0.05, 0.1) is 16.3 Å². The lowest BCUT2D eigenvalue weighted by Gasteiger charge is -2.20. The first kappa shape index (κ1) is 11.7. The van der Waals surface area contributed by atoms with Crippen molar-refractivity contribution in [2.75, 3.05) is 6.54 Å². The van der Waals surface area contributed by atoms with E-state index in [2.05, 4.69) is 21.0 Å². The molecule has 5 heteroatoms. The zero-order chi connectivity index (χ0) is 10.6. The number of hydrogen-bond acceptors (Lipinski definition) is 3. The summed E-state index contributed by atoms with van der Waals surface area (Å²) >= 11 is 3.32. The summed E-state index contributed by atoms with van der Waals surface area (Å²) in [7, 11) is 0. The Balaban J connectivity index is 2.28. The molecule has 0 radical (unpaired) electrons. The van der Waals surface area contributed by atoms with Crippen molar-refractivity contribution in [3.05, 3.63) is 16.9 Å². The number of aromatic nitrogens is 2. The Labute approximate surface area is 92.2 Å². The van der Waals surface area contributed by atoms with Crippen molar-refractivity contribution >= 4 is 15.9 Å². The standard InChI is InChI=1S/C9H16BrN3O/c1-9(14,7-11)3-2-4-13-6-8(10)5-12-13/h5-6,14H,2-4,7,11H2,1H3. The molecule has 0 aliphatic carbocycles. The van der Waals surface area contributed by atoms with E-state index >= 15 is 0 Å². The van der Waals surface area contributed by atoms with E-state index in [0.717, 1.165) is 17.4 Å². The van der Waals surface area contributed by atoms with E-state index in [0.29, 0.717) is 13.0 Å². The summed E-state index contributed by atoms with van der Waals surface area (Å²) < 4.78 is 2.82. The van der Waals surface area contributed by atoms with Crippen molar-refractivity contribution in [1.29, 1.82) is 0 Å². The second kappa shape index (κ2) is 4.91. The largest absolute Gasteiger partial charge is 0.389 e. The van der Waals surface area contributed by atoms with Crippen molar-refractivity contribution in [1.82, 2.24) is 9.78 Å². The van der Waals surface area contributed by atoms with Crippen molar-refractivity contribution < 1.29 is 5.11 Å². The maximum atomic E-state index is 9.64. The zero-order valence-corrected chi connectivity index (χ0v) is 9.87. The number of rotatable bonds is 5. The van der Waals surface area contributed by atoms with Gasteiger partial charge >= 0.3 is 0 Å². The third-order valence-corrected chi connectivity index (χ3v) is 2.55. The van der Waals surface area contributed by atoms with Gasteiger partial charge in [-0.05, 0) is 35.7 Å². The van der Waals surface area contributed by atoms with Gasteiger partial charge in [-0.25, -0.2) is 0 Å². The minimum atomic E-state index is -0.746. The molecule has 3 N–H and O–H groups in total. The Bertz CT molecular complexity index is 285. The Kier molecular flexibility index (Phi) is 4.10. The summed E-state index contributed by atoms with van der Waals surface area (Å²) in [5, 5.41) is 13.8. The first-order chi connectivity index (χ1) is 6.53. The van der Waals surface area contributed by atoms with Crippen molar-refractivity contribution in [3.63, 3.8) is 0 Å². The molecule has 14 heavy (non-hydrogen) atoms. The summed E-state index contributed by atoms with van der Waals surface area (Å²) in [5.41, 5.74) is 4.66. The number of halogens is 1. The number of aliphatic hydroxyl groups is 1. The summed E-state index contributed by atoms with van der Waals surface area (Å²) in [6.07, 6.45) is 5.23. The van der Waals surface area contributed by atoms with Crippen LogP contribution >= 0.6 is 15.9 Å². The van der Waals surface area contributed by atoms with Gasteiger partial charge in [0.15, 0.2) is 0 Å². The van der Waals surface area contributed by atoms with Crippen LogP contribution in [0, 0.1) is 0 Å². The van der Waals surface area contributed by atoms with Crippen LogP contribution in [0.1, 0.15) is 19.8 Å². The van der Waals surface area contributed by atoms with Crippen LogP contribution in [0.4, 0.5) is 0 Å². The second-order valence-corrected chi connectivity index (χ2v) is 4.64. The van der Waals surface area contributed by atoms with Crippen LogP contribution in [0.2, 0.25) is 0 Å². The third-order valence-electron chi connectivity index (χ3n) is 2.14. The molecule has 1 atom stereocenters. The topological polar surface area (TPSA) is 64.1 Å². The SMILES string of the molecule is CC(O)(CN)CCCn1cc(Br)cn1.